The Labute approximate surface area is 186 Å². The van der Waals surface area contributed by atoms with Gasteiger partial charge in [-0.1, -0.05) is 48.5 Å². The van der Waals surface area contributed by atoms with Crippen molar-refractivity contribution in [3.63, 3.8) is 0 Å². The van der Waals surface area contributed by atoms with E-state index in [4.69, 9.17) is 4.98 Å². The van der Waals surface area contributed by atoms with Gasteiger partial charge in [0.25, 0.3) is 11.5 Å². The van der Waals surface area contributed by atoms with E-state index in [9.17, 15) is 9.59 Å². The number of hydrogen-bond donors (Lipinski definition) is 0. The van der Waals surface area contributed by atoms with Crippen molar-refractivity contribution in [2.45, 2.75) is 26.8 Å². The van der Waals surface area contributed by atoms with E-state index in [-0.39, 0.29) is 17.5 Å². The Bertz CT molecular complexity index is 1460. The molecule has 1 aliphatic rings. The highest BCUT2D eigenvalue weighted by Crippen LogP contribution is 2.38. The monoisotopic (exact) mass is 421 g/mol. The number of rotatable bonds is 3. The molecule has 0 saturated heterocycles. The quantitative estimate of drug-likeness (QED) is 0.438. The van der Waals surface area contributed by atoms with E-state index in [2.05, 4.69) is 0 Å². The number of aromatic nitrogens is 2. The Morgan fingerprint density at radius 3 is 2.25 bits per heavy atom. The van der Waals surface area contributed by atoms with E-state index >= 15 is 0 Å². The third-order valence-electron chi connectivity index (χ3n) is 5.85. The van der Waals surface area contributed by atoms with Gasteiger partial charge in [0.2, 0.25) is 0 Å². The normalized spacial score (nSPS) is 14.6. The summed E-state index contributed by atoms with van der Waals surface area (Å²) in [5.74, 6) is 0.353. The Kier molecular flexibility index (Phi) is 4.74. The third kappa shape index (κ3) is 3.05. The van der Waals surface area contributed by atoms with Crippen molar-refractivity contribution in [1.82, 2.24) is 9.55 Å². The van der Waals surface area contributed by atoms with Crippen LogP contribution in [0.5, 0.6) is 0 Å². The van der Waals surface area contributed by atoms with E-state index in [1.807, 2.05) is 87.5 Å². The van der Waals surface area contributed by atoms with Crippen LogP contribution in [0.2, 0.25) is 0 Å². The molecule has 0 fully saturated rings. The topological polar surface area (TPSA) is 55.2 Å². The van der Waals surface area contributed by atoms with Crippen molar-refractivity contribution in [3.05, 3.63) is 100 Å². The number of anilines is 1. The van der Waals surface area contributed by atoms with Gasteiger partial charge in [-0.15, -0.1) is 0 Å². The van der Waals surface area contributed by atoms with E-state index < -0.39 is 0 Å². The number of carbonyl (C=O) groups excluding carboxylic acids is 1. The number of carbonyl (C=O) groups is 1. The molecule has 0 saturated carbocycles. The van der Waals surface area contributed by atoms with Gasteiger partial charge in [-0.2, -0.15) is 0 Å². The molecule has 4 aromatic rings. The molecule has 0 aliphatic carbocycles. The largest absolute Gasteiger partial charge is 0.305 e. The Balaban J connectivity index is 1.83. The van der Waals surface area contributed by atoms with Gasteiger partial charge >= 0.3 is 0 Å². The van der Waals surface area contributed by atoms with Crippen LogP contribution in [0.25, 0.3) is 28.2 Å². The standard InChI is InChI=1S/C27H23N3O2/c1-17(2)29-24-15-9-6-11-19(24)21(27(29)32)16-25-28-22-13-7-5-12-20(22)26(31)30(25)23-14-8-4-10-18(23)3/h4-17H,1-3H3/b21-16+. The summed E-state index contributed by atoms with van der Waals surface area (Å²) in [6.07, 6.45) is 1.75. The number of nitrogens with zero attached hydrogens (tertiary/aromatic N) is 3. The molecule has 0 N–H and O–H groups in total. The summed E-state index contributed by atoms with van der Waals surface area (Å²) in [6.45, 7) is 5.95. The molecule has 0 radical (unpaired) electrons. The highest BCUT2D eigenvalue weighted by molar-refractivity contribution is 6.35. The average Bonchev–Trinajstić information content (AvgIpc) is 3.06. The van der Waals surface area contributed by atoms with Crippen LogP contribution in [0.4, 0.5) is 5.69 Å². The maximum Gasteiger partial charge on any atom is 0.266 e. The van der Waals surface area contributed by atoms with Crippen molar-refractivity contribution in [1.29, 1.82) is 0 Å². The highest BCUT2D eigenvalue weighted by Gasteiger charge is 2.34. The van der Waals surface area contributed by atoms with Gasteiger partial charge in [0.1, 0.15) is 5.82 Å². The maximum atomic E-state index is 13.6. The summed E-state index contributed by atoms with van der Waals surface area (Å²) in [5.41, 5.74) is 4.42. The molecule has 0 bridgehead atoms. The number of aryl methyl sites for hydroxylation is 1. The lowest BCUT2D eigenvalue weighted by Crippen LogP contribution is -2.33. The molecular weight excluding hydrogens is 398 g/mol. The first kappa shape index (κ1) is 19.9. The minimum absolute atomic E-state index is 0.0117. The summed E-state index contributed by atoms with van der Waals surface area (Å²) >= 11 is 0. The second-order valence-corrected chi connectivity index (χ2v) is 8.26. The zero-order valence-corrected chi connectivity index (χ0v) is 18.2. The SMILES string of the molecule is Cc1ccccc1-n1c(/C=C2/C(=O)N(C(C)C)c3ccccc32)nc2ccccc2c1=O. The summed E-state index contributed by atoms with van der Waals surface area (Å²) < 4.78 is 1.61. The van der Waals surface area contributed by atoms with E-state index in [0.717, 1.165) is 22.5 Å². The first-order valence-corrected chi connectivity index (χ1v) is 10.7. The number of benzene rings is 3. The second-order valence-electron chi connectivity index (χ2n) is 8.26. The predicted molar refractivity (Wildman–Crippen MR) is 129 cm³/mol. The smallest absolute Gasteiger partial charge is 0.266 e. The molecule has 3 aromatic carbocycles. The van der Waals surface area contributed by atoms with Crippen molar-refractivity contribution in [3.8, 4) is 5.69 Å². The Morgan fingerprint density at radius 2 is 1.50 bits per heavy atom. The van der Waals surface area contributed by atoms with Gasteiger partial charge in [0, 0.05) is 11.6 Å². The van der Waals surface area contributed by atoms with Crippen LogP contribution >= 0.6 is 0 Å². The second kappa shape index (κ2) is 7.61. The van der Waals surface area contributed by atoms with Gasteiger partial charge in [-0.3, -0.25) is 14.2 Å². The van der Waals surface area contributed by atoms with Gasteiger partial charge in [-0.25, -0.2) is 4.98 Å². The molecule has 0 atom stereocenters. The molecule has 0 unspecified atom stereocenters. The van der Waals surface area contributed by atoms with Crippen LogP contribution in [0.3, 0.4) is 0 Å². The van der Waals surface area contributed by atoms with E-state index in [0.29, 0.717) is 22.3 Å². The van der Waals surface area contributed by atoms with Crippen molar-refractivity contribution in [2.24, 2.45) is 0 Å². The fourth-order valence-corrected chi connectivity index (χ4v) is 4.34. The molecule has 2 heterocycles. The summed E-state index contributed by atoms with van der Waals surface area (Å²) in [7, 11) is 0. The van der Waals surface area contributed by atoms with Gasteiger partial charge in [-0.05, 0) is 56.7 Å². The van der Waals surface area contributed by atoms with Gasteiger partial charge in [0.15, 0.2) is 0 Å². The minimum Gasteiger partial charge on any atom is -0.305 e. The van der Waals surface area contributed by atoms with E-state index in [1.165, 1.54) is 0 Å². The Morgan fingerprint density at radius 1 is 0.844 bits per heavy atom. The van der Waals surface area contributed by atoms with Crippen LogP contribution in [-0.2, 0) is 4.79 Å². The van der Waals surface area contributed by atoms with Crippen LogP contribution in [0, 0.1) is 6.92 Å². The van der Waals surface area contributed by atoms with Crippen molar-refractivity contribution >= 4 is 34.1 Å². The molecule has 158 valence electrons. The van der Waals surface area contributed by atoms with Crippen molar-refractivity contribution < 1.29 is 4.79 Å². The van der Waals surface area contributed by atoms with Crippen LogP contribution in [-0.4, -0.2) is 21.5 Å². The summed E-state index contributed by atoms with van der Waals surface area (Å²) in [4.78, 5) is 33.6. The first-order chi connectivity index (χ1) is 15.5. The fraction of sp³-hybridized carbons (Fsp3) is 0.148. The predicted octanol–water partition coefficient (Wildman–Crippen LogP) is 4.99. The Hall–Kier alpha value is -3.99. The molecule has 0 spiro atoms. The third-order valence-corrected chi connectivity index (χ3v) is 5.85. The zero-order chi connectivity index (χ0) is 22.4. The van der Waals surface area contributed by atoms with Crippen LogP contribution in [0.1, 0.15) is 30.8 Å². The number of para-hydroxylation sites is 3. The molecular formula is C27H23N3O2. The number of amides is 1. The molecule has 32 heavy (non-hydrogen) atoms. The molecule has 1 aliphatic heterocycles. The van der Waals surface area contributed by atoms with Crippen LogP contribution < -0.4 is 10.5 Å². The molecule has 1 amide bonds. The van der Waals surface area contributed by atoms with Gasteiger partial charge < -0.3 is 4.90 Å². The molecule has 5 nitrogen and oxygen atoms in total. The molecule has 5 heteroatoms. The minimum atomic E-state index is -0.156. The lowest BCUT2D eigenvalue weighted by molar-refractivity contribution is -0.113. The zero-order valence-electron chi connectivity index (χ0n) is 18.2. The molecule has 5 rings (SSSR count). The summed E-state index contributed by atoms with van der Waals surface area (Å²) in [6, 6.07) is 22.8. The maximum absolute atomic E-state index is 13.6. The van der Waals surface area contributed by atoms with Crippen molar-refractivity contribution in [2.75, 3.05) is 4.90 Å². The highest BCUT2D eigenvalue weighted by atomic mass is 16.2. The summed E-state index contributed by atoms with van der Waals surface area (Å²) in [5, 5.41) is 0.542. The number of hydrogen-bond acceptors (Lipinski definition) is 3. The fourth-order valence-electron chi connectivity index (χ4n) is 4.34. The average molecular weight is 422 g/mol. The van der Waals surface area contributed by atoms with E-state index in [1.54, 1.807) is 21.6 Å². The lowest BCUT2D eigenvalue weighted by atomic mass is 10.1. The lowest BCUT2D eigenvalue weighted by Gasteiger charge is -2.21. The van der Waals surface area contributed by atoms with Crippen LogP contribution in [0.15, 0.2) is 77.6 Å². The van der Waals surface area contributed by atoms with Gasteiger partial charge in [0.05, 0.1) is 27.9 Å². The number of fused-ring (bicyclic) bond motifs is 2. The first-order valence-electron chi connectivity index (χ1n) is 10.7. The molecule has 1 aromatic heterocycles.